The lowest BCUT2D eigenvalue weighted by Crippen LogP contribution is -2.32. The molecule has 0 aromatic heterocycles. The molecule has 2 rings (SSSR count). The molecule has 2 aromatic carbocycles. The van der Waals surface area contributed by atoms with Gasteiger partial charge in [0, 0.05) is 25.4 Å². The summed E-state index contributed by atoms with van der Waals surface area (Å²) in [7, 11) is 3.26. The summed E-state index contributed by atoms with van der Waals surface area (Å²) < 4.78 is 11.3. The van der Waals surface area contributed by atoms with Crippen LogP contribution in [-0.4, -0.2) is 14.2 Å². The third-order valence-corrected chi connectivity index (χ3v) is 3.25. The van der Waals surface area contributed by atoms with E-state index in [0.29, 0.717) is 0 Å². The highest BCUT2D eigenvalue weighted by molar-refractivity contribution is 5.70. The fourth-order valence-corrected chi connectivity index (χ4v) is 2.23. The minimum Gasteiger partial charge on any atom is -0.346 e. The molecule has 0 N–H and O–H groups in total. The van der Waals surface area contributed by atoms with Crippen LogP contribution in [0.1, 0.15) is 11.1 Å². The predicted octanol–water partition coefficient (Wildman–Crippen LogP) is 3.85. The summed E-state index contributed by atoms with van der Waals surface area (Å²) in [6, 6.07) is 19.7. The minimum absolute atomic E-state index is 0.782. The van der Waals surface area contributed by atoms with Gasteiger partial charge < -0.3 is 9.47 Å². The molecule has 0 spiro atoms. The van der Waals surface area contributed by atoms with E-state index >= 15 is 0 Å². The Balaban J connectivity index is 2.49. The van der Waals surface area contributed by atoms with Crippen molar-refractivity contribution >= 4 is 5.57 Å². The van der Waals surface area contributed by atoms with Gasteiger partial charge in [-0.3, -0.25) is 0 Å². The van der Waals surface area contributed by atoms with E-state index in [1.807, 2.05) is 60.7 Å². The Morgan fingerprint density at radius 3 is 1.79 bits per heavy atom. The van der Waals surface area contributed by atoms with Gasteiger partial charge in [-0.15, -0.1) is 0 Å². The maximum Gasteiger partial charge on any atom is 0.221 e. The molecule has 2 aromatic rings. The zero-order valence-electron chi connectivity index (χ0n) is 11.3. The topological polar surface area (TPSA) is 18.5 Å². The number of hydrogen-bond donors (Lipinski definition) is 0. The molecule has 2 nitrogen and oxygen atoms in total. The van der Waals surface area contributed by atoms with Crippen LogP contribution in [0.25, 0.3) is 5.57 Å². The van der Waals surface area contributed by atoms with Crippen LogP contribution in [0.2, 0.25) is 0 Å². The molecule has 0 radical (unpaired) electrons. The predicted molar refractivity (Wildman–Crippen MR) is 77.6 cm³/mol. The molecule has 0 aliphatic rings. The van der Waals surface area contributed by atoms with Gasteiger partial charge >= 0.3 is 0 Å². The number of hydrogen-bond acceptors (Lipinski definition) is 2. The number of methoxy groups -OCH3 is 2. The highest BCUT2D eigenvalue weighted by Gasteiger charge is 2.36. The van der Waals surface area contributed by atoms with Crippen molar-refractivity contribution < 1.29 is 9.47 Å². The van der Waals surface area contributed by atoms with Crippen molar-refractivity contribution in [2.75, 3.05) is 14.2 Å². The van der Waals surface area contributed by atoms with Gasteiger partial charge in [-0.25, -0.2) is 0 Å². The van der Waals surface area contributed by atoms with Gasteiger partial charge in [0.15, 0.2) is 0 Å². The summed E-state index contributed by atoms with van der Waals surface area (Å²) in [4.78, 5) is 0. The lowest BCUT2D eigenvalue weighted by Gasteiger charge is -2.33. The molecule has 0 unspecified atom stereocenters. The van der Waals surface area contributed by atoms with Gasteiger partial charge in [-0.1, -0.05) is 67.2 Å². The smallest absolute Gasteiger partial charge is 0.221 e. The molecule has 0 saturated heterocycles. The molecule has 0 saturated carbocycles. The van der Waals surface area contributed by atoms with Crippen LogP contribution in [-0.2, 0) is 15.3 Å². The van der Waals surface area contributed by atoms with Crippen molar-refractivity contribution in [1.29, 1.82) is 0 Å². The first-order chi connectivity index (χ1) is 9.24. The van der Waals surface area contributed by atoms with E-state index in [-0.39, 0.29) is 0 Å². The Morgan fingerprint density at radius 2 is 1.32 bits per heavy atom. The number of benzene rings is 2. The van der Waals surface area contributed by atoms with Crippen LogP contribution < -0.4 is 0 Å². The van der Waals surface area contributed by atoms with E-state index in [0.717, 1.165) is 16.7 Å². The van der Waals surface area contributed by atoms with Crippen LogP contribution in [0, 0.1) is 0 Å². The van der Waals surface area contributed by atoms with Crippen molar-refractivity contribution in [2.24, 2.45) is 0 Å². The van der Waals surface area contributed by atoms with Crippen molar-refractivity contribution in [3.8, 4) is 0 Å². The lowest BCUT2D eigenvalue weighted by atomic mass is 9.92. The van der Waals surface area contributed by atoms with Crippen LogP contribution in [0.4, 0.5) is 0 Å². The third kappa shape index (κ3) is 2.46. The van der Waals surface area contributed by atoms with E-state index in [2.05, 4.69) is 6.58 Å². The average Bonchev–Trinajstić information content (AvgIpc) is 2.51. The summed E-state index contributed by atoms with van der Waals surface area (Å²) in [5.41, 5.74) is 2.70. The third-order valence-electron chi connectivity index (χ3n) is 3.25. The second kappa shape index (κ2) is 5.83. The Hall–Kier alpha value is -1.90. The summed E-state index contributed by atoms with van der Waals surface area (Å²) in [6.45, 7) is 4.17. The van der Waals surface area contributed by atoms with E-state index in [9.17, 15) is 0 Å². The second-order valence-electron chi connectivity index (χ2n) is 4.24. The van der Waals surface area contributed by atoms with Crippen LogP contribution in [0.15, 0.2) is 67.2 Å². The van der Waals surface area contributed by atoms with Gasteiger partial charge in [0.1, 0.15) is 0 Å². The molecule has 19 heavy (non-hydrogen) atoms. The summed E-state index contributed by atoms with van der Waals surface area (Å²) in [5.74, 6) is -0.956. The van der Waals surface area contributed by atoms with E-state index in [1.54, 1.807) is 14.2 Å². The monoisotopic (exact) mass is 254 g/mol. The second-order valence-corrected chi connectivity index (χ2v) is 4.24. The molecule has 98 valence electrons. The SMILES string of the molecule is C=C(c1ccccc1)C(OC)(OC)c1ccccc1. The van der Waals surface area contributed by atoms with Gasteiger partial charge in [-0.05, 0) is 5.56 Å². The fourth-order valence-electron chi connectivity index (χ4n) is 2.23. The lowest BCUT2D eigenvalue weighted by molar-refractivity contribution is -0.168. The van der Waals surface area contributed by atoms with Gasteiger partial charge in [0.2, 0.25) is 5.79 Å². The van der Waals surface area contributed by atoms with Gasteiger partial charge in [-0.2, -0.15) is 0 Å². The van der Waals surface area contributed by atoms with Crippen LogP contribution in [0.5, 0.6) is 0 Å². The Kier molecular flexibility index (Phi) is 4.15. The summed E-state index contributed by atoms with van der Waals surface area (Å²) in [5, 5.41) is 0. The zero-order chi connectivity index (χ0) is 13.7. The quantitative estimate of drug-likeness (QED) is 0.755. The molecule has 0 aliphatic carbocycles. The first kappa shape index (κ1) is 13.5. The zero-order valence-corrected chi connectivity index (χ0v) is 11.3. The van der Waals surface area contributed by atoms with Crippen molar-refractivity contribution in [3.05, 3.63) is 78.4 Å². The maximum absolute atomic E-state index is 5.67. The Bertz CT molecular complexity index is 528. The number of rotatable bonds is 5. The van der Waals surface area contributed by atoms with E-state index < -0.39 is 5.79 Å². The van der Waals surface area contributed by atoms with E-state index in [4.69, 9.17) is 9.47 Å². The summed E-state index contributed by atoms with van der Waals surface area (Å²) >= 11 is 0. The Morgan fingerprint density at radius 1 is 0.842 bits per heavy atom. The fraction of sp³-hybridized carbons (Fsp3) is 0.176. The van der Waals surface area contributed by atoms with E-state index in [1.165, 1.54) is 0 Å². The molecule has 0 aliphatic heterocycles. The standard InChI is InChI=1S/C17H18O2/c1-14(15-10-6-4-7-11-15)17(18-2,19-3)16-12-8-5-9-13-16/h4-13H,1H2,2-3H3. The number of ether oxygens (including phenoxy) is 2. The first-order valence-corrected chi connectivity index (χ1v) is 6.15. The minimum atomic E-state index is -0.956. The molecule has 0 atom stereocenters. The largest absolute Gasteiger partial charge is 0.346 e. The van der Waals surface area contributed by atoms with Crippen molar-refractivity contribution in [2.45, 2.75) is 5.79 Å². The van der Waals surface area contributed by atoms with Crippen molar-refractivity contribution in [3.63, 3.8) is 0 Å². The molecular formula is C17H18O2. The summed E-state index contributed by atoms with van der Waals surface area (Å²) in [6.07, 6.45) is 0. The van der Waals surface area contributed by atoms with Crippen molar-refractivity contribution in [1.82, 2.24) is 0 Å². The van der Waals surface area contributed by atoms with Crippen LogP contribution in [0.3, 0.4) is 0 Å². The average molecular weight is 254 g/mol. The molecule has 0 heterocycles. The maximum atomic E-state index is 5.67. The first-order valence-electron chi connectivity index (χ1n) is 6.15. The normalized spacial score (nSPS) is 11.3. The van der Waals surface area contributed by atoms with Gasteiger partial charge in [0.25, 0.3) is 0 Å². The highest BCUT2D eigenvalue weighted by Crippen LogP contribution is 2.38. The Labute approximate surface area is 114 Å². The molecule has 2 heteroatoms. The van der Waals surface area contributed by atoms with Crippen LogP contribution >= 0.6 is 0 Å². The van der Waals surface area contributed by atoms with Gasteiger partial charge in [0.05, 0.1) is 0 Å². The molecule has 0 bridgehead atoms. The molecule has 0 amide bonds. The molecular weight excluding hydrogens is 236 g/mol. The highest BCUT2D eigenvalue weighted by atomic mass is 16.7. The molecule has 0 fully saturated rings.